The minimum Gasteiger partial charge on any atom is -0.346 e. The second-order valence-corrected chi connectivity index (χ2v) is 5.18. The van der Waals surface area contributed by atoms with Crippen LogP contribution in [0.2, 0.25) is 5.82 Å². The third-order valence-electron chi connectivity index (χ3n) is 3.62. The van der Waals surface area contributed by atoms with Gasteiger partial charge in [-0.1, -0.05) is 46.4 Å². The quantitative estimate of drug-likeness (QED) is 0.621. The van der Waals surface area contributed by atoms with Crippen molar-refractivity contribution in [1.82, 2.24) is 0 Å². The van der Waals surface area contributed by atoms with Gasteiger partial charge in [0.1, 0.15) is 6.10 Å². The van der Waals surface area contributed by atoms with Crippen molar-refractivity contribution in [1.29, 1.82) is 0 Å². The highest BCUT2D eigenvalue weighted by Crippen LogP contribution is 2.36. The standard InChI is InChI=1S/C14H27BO3/c1-5-8-12(11(4)15)18-14(7-3)13(9-6-2)16-10-17-14/h11-13H,5-10H2,1-4H3. The largest absolute Gasteiger partial charge is 0.346 e. The summed E-state index contributed by atoms with van der Waals surface area (Å²) in [5, 5.41) is 0. The van der Waals surface area contributed by atoms with Gasteiger partial charge in [0, 0.05) is 6.42 Å². The smallest absolute Gasteiger partial charge is 0.197 e. The Morgan fingerprint density at radius 3 is 2.56 bits per heavy atom. The summed E-state index contributed by atoms with van der Waals surface area (Å²) in [6.45, 7) is 8.70. The predicted molar refractivity (Wildman–Crippen MR) is 73.7 cm³/mol. The van der Waals surface area contributed by atoms with Crippen molar-refractivity contribution >= 4 is 7.85 Å². The summed E-state index contributed by atoms with van der Waals surface area (Å²) < 4.78 is 17.7. The maximum absolute atomic E-state index is 6.24. The molecule has 1 aliphatic rings. The van der Waals surface area contributed by atoms with Crippen LogP contribution >= 0.6 is 0 Å². The molecule has 0 aliphatic carbocycles. The molecule has 2 radical (unpaired) electrons. The van der Waals surface area contributed by atoms with E-state index in [1.54, 1.807) is 0 Å². The molecule has 0 saturated carbocycles. The number of ether oxygens (including phenoxy) is 3. The van der Waals surface area contributed by atoms with E-state index >= 15 is 0 Å². The first-order chi connectivity index (χ1) is 8.59. The molecule has 3 nitrogen and oxygen atoms in total. The van der Waals surface area contributed by atoms with Crippen LogP contribution in [0.1, 0.15) is 59.8 Å². The molecule has 4 heteroatoms. The SMILES string of the molecule is [B]C(C)C(CCC)OC1(CC)OCOC1CCC. The molecule has 0 N–H and O–H groups in total. The molecule has 4 unspecified atom stereocenters. The van der Waals surface area contributed by atoms with E-state index in [2.05, 4.69) is 20.8 Å². The third kappa shape index (κ3) is 3.72. The lowest BCUT2D eigenvalue weighted by Gasteiger charge is -2.37. The molecule has 1 fully saturated rings. The molecule has 4 atom stereocenters. The lowest BCUT2D eigenvalue weighted by atomic mass is 9.82. The summed E-state index contributed by atoms with van der Waals surface area (Å²) in [6, 6.07) is 0. The first kappa shape index (κ1) is 16.0. The van der Waals surface area contributed by atoms with E-state index in [9.17, 15) is 0 Å². The van der Waals surface area contributed by atoms with Crippen LogP contribution in [-0.2, 0) is 14.2 Å². The monoisotopic (exact) mass is 254 g/mol. The average molecular weight is 254 g/mol. The lowest BCUT2D eigenvalue weighted by molar-refractivity contribution is -0.246. The Labute approximate surface area is 113 Å². The lowest BCUT2D eigenvalue weighted by Crippen LogP contribution is -2.45. The van der Waals surface area contributed by atoms with Crippen molar-refractivity contribution in [3.63, 3.8) is 0 Å². The third-order valence-corrected chi connectivity index (χ3v) is 3.62. The van der Waals surface area contributed by atoms with Gasteiger partial charge in [-0.15, -0.1) is 0 Å². The van der Waals surface area contributed by atoms with Gasteiger partial charge in [-0.25, -0.2) is 0 Å². The number of hydrogen-bond donors (Lipinski definition) is 0. The highest BCUT2D eigenvalue weighted by molar-refractivity contribution is 6.11. The Morgan fingerprint density at radius 1 is 1.33 bits per heavy atom. The predicted octanol–water partition coefficient (Wildman–Crippen LogP) is 3.43. The molecular formula is C14H27BO3. The van der Waals surface area contributed by atoms with Gasteiger partial charge in [-0.3, -0.25) is 0 Å². The van der Waals surface area contributed by atoms with Gasteiger partial charge < -0.3 is 14.2 Å². The van der Waals surface area contributed by atoms with E-state index < -0.39 is 5.79 Å². The zero-order chi connectivity index (χ0) is 13.6. The Hall–Kier alpha value is -0.0551. The molecule has 1 rings (SSSR count). The van der Waals surface area contributed by atoms with Gasteiger partial charge in [-0.2, -0.15) is 0 Å². The fraction of sp³-hybridized carbons (Fsp3) is 1.00. The summed E-state index contributed by atoms with van der Waals surface area (Å²) in [5.41, 5.74) is 0. The van der Waals surface area contributed by atoms with Crippen LogP contribution in [-0.4, -0.2) is 32.6 Å². The Balaban J connectivity index is 2.73. The van der Waals surface area contributed by atoms with Crippen LogP contribution < -0.4 is 0 Å². The molecule has 0 aromatic rings. The molecule has 0 aromatic carbocycles. The van der Waals surface area contributed by atoms with Crippen molar-refractivity contribution in [2.24, 2.45) is 0 Å². The minimum atomic E-state index is -0.594. The van der Waals surface area contributed by atoms with Gasteiger partial charge >= 0.3 is 0 Å². The van der Waals surface area contributed by atoms with Crippen molar-refractivity contribution in [3.8, 4) is 0 Å². The molecule has 104 valence electrons. The Morgan fingerprint density at radius 2 is 2.06 bits per heavy atom. The van der Waals surface area contributed by atoms with Crippen LogP contribution in [0.3, 0.4) is 0 Å². The molecular weight excluding hydrogens is 227 g/mol. The van der Waals surface area contributed by atoms with Crippen molar-refractivity contribution in [2.75, 3.05) is 6.79 Å². The molecule has 1 saturated heterocycles. The molecule has 0 aromatic heterocycles. The van der Waals surface area contributed by atoms with Gasteiger partial charge in [0.2, 0.25) is 0 Å². The van der Waals surface area contributed by atoms with Crippen LogP contribution in [0, 0.1) is 0 Å². The van der Waals surface area contributed by atoms with E-state index in [0.29, 0.717) is 6.79 Å². The zero-order valence-corrected chi connectivity index (χ0v) is 12.3. The van der Waals surface area contributed by atoms with E-state index in [1.807, 2.05) is 6.92 Å². The first-order valence-electron chi connectivity index (χ1n) is 7.28. The number of rotatable bonds is 8. The Kier molecular flexibility index (Phi) is 6.68. The summed E-state index contributed by atoms with van der Waals surface area (Å²) in [7, 11) is 6.01. The summed E-state index contributed by atoms with van der Waals surface area (Å²) in [6.07, 6.45) is 4.92. The van der Waals surface area contributed by atoms with Gasteiger partial charge in [0.15, 0.2) is 12.6 Å². The second kappa shape index (κ2) is 7.51. The van der Waals surface area contributed by atoms with Crippen molar-refractivity contribution < 1.29 is 14.2 Å². The van der Waals surface area contributed by atoms with Gasteiger partial charge in [-0.05, 0) is 12.8 Å². The van der Waals surface area contributed by atoms with E-state index in [4.69, 9.17) is 22.1 Å². The van der Waals surface area contributed by atoms with Gasteiger partial charge in [0.25, 0.3) is 0 Å². The maximum Gasteiger partial charge on any atom is 0.197 e. The topological polar surface area (TPSA) is 27.7 Å². The van der Waals surface area contributed by atoms with Crippen LogP contribution in [0.5, 0.6) is 0 Å². The van der Waals surface area contributed by atoms with Gasteiger partial charge in [0.05, 0.1) is 14.0 Å². The highest BCUT2D eigenvalue weighted by atomic mass is 16.8. The molecule has 0 spiro atoms. The summed E-state index contributed by atoms with van der Waals surface area (Å²) >= 11 is 0. The molecule has 0 bridgehead atoms. The van der Waals surface area contributed by atoms with Crippen LogP contribution in [0.4, 0.5) is 0 Å². The van der Waals surface area contributed by atoms with Crippen LogP contribution in [0.15, 0.2) is 0 Å². The van der Waals surface area contributed by atoms with Crippen molar-refractivity contribution in [3.05, 3.63) is 0 Å². The Bertz CT molecular complexity index is 235. The van der Waals surface area contributed by atoms with E-state index in [1.165, 1.54) is 0 Å². The maximum atomic E-state index is 6.24. The first-order valence-corrected chi connectivity index (χ1v) is 7.28. The molecule has 0 amide bonds. The molecule has 1 heterocycles. The number of hydrogen-bond acceptors (Lipinski definition) is 3. The average Bonchev–Trinajstić information content (AvgIpc) is 2.73. The molecule has 18 heavy (non-hydrogen) atoms. The van der Waals surface area contributed by atoms with Crippen molar-refractivity contribution in [2.45, 2.75) is 83.6 Å². The summed E-state index contributed by atoms with van der Waals surface area (Å²) in [5.74, 6) is -0.580. The minimum absolute atomic E-state index is 0.0138. The van der Waals surface area contributed by atoms with Crippen LogP contribution in [0.25, 0.3) is 0 Å². The zero-order valence-electron chi connectivity index (χ0n) is 12.3. The second-order valence-electron chi connectivity index (χ2n) is 5.18. The normalized spacial score (nSPS) is 31.4. The summed E-state index contributed by atoms with van der Waals surface area (Å²) in [4.78, 5) is 0. The fourth-order valence-corrected chi connectivity index (χ4v) is 2.49. The van der Waals surface area contributed by atoms with E-state index in [-0.39, 0.29) is 18.0 Å². The highest BCUT2D eigenvalue weighted by Gasteiger charge is 2.46. The van der Waals surface area contributed by atoms with E-state index in [0.717, 1.165) is 32.1 Å². The fourth-order valence-electron chi connectivity index (χ4n) is 2.49. The molecule has 1 aliphatic heterocycles.